The number of carbonyl (C=O) groups is 1. The van der Waals surface area contributed by atoms with Gasteiger partial charge in [0.2, 0.25) is 5.91 Å². The van der Waals surface area contributed by atoms with E-state index in [2.05, 4.69) is 31.3 Å². The Morgan fingerprint density at radius 1 is 1.25 bits per heavy atom. The van der Waals surface area contributed by atoms with E-state index in [1.807, 2.05) is 0 Å². The molecule has 2 aliphatic rings. The van der Waals surface area contributed by atoms with Crippen LogP contribution in [0.2, 0.25) is 0 Å². The van der Waals surface area contributed by atoms with Crippen LogP contribution in [0.3, 0.4) is 0 Å². The fraction of sp³-hybridized carbons (Fsp3) is 0.562. The standard InChI is InChI=1S/C16H21NO3/c1-10-8-11(2)15-12(9-10)13(5-7-20-15)17-16(18)14-4-3-6-19-14/h8-9,13-14H,3-7H2,1-2H3,(H,17,18). The SMILES string of the molecule is Cc1cc(C)c2c(c1)C(NC(=O)C1CCCO1)CCO2. The highest BCUT2D eigenvalue weighted by Crippen LogP contribution is 2.35. The van der Waals surface area contributed by atoms with Gasteiger partial charge in [0.05, 0.1) is 12.6 Å². The van der Waals surface area contributed by atoms with Crippen LogP contribution in [-0.4, -0.2) is 25.2 Å². The van der Waals surface area contributed by atoms with E-state index in [9.17, 15) is 4.79 Å². The molecule has 1 aromatic rings. The van der Waals surface area contributed by atoms with Crippen LogP contribution >= 0.6 is 0 Å². The van der Waals surface area contributed by atoms with E-state index in [0.717, 1.165) is 36.1 Å². The van der Waals surface area contributed by atoms with Gasteiger partial charge < -0.3 is 14.8 Å². The van der Waals surface area contributed by atoms with Crippen molar-refractivity contribution in [2.24, 2.45) is 0 Å². The zero-order valence-electron chi connectivity index (χ0n) is 12.1. The van der Waals surface area contributed by atoms with Gasteiger partial charge in [-0.25, -0.2) is 0 Å². The Kier molecular flexibility index (Phi) is 3.66. The molecular formula is C16H21NO3. The van der Waals surface area contributed by atoms with E-state index in [4.69, 9.17) is 9.47 Å². The van der Waals surface area contributed by atoms with Crippen molar-refractivity contribution in [1.29, 1.82) is 0 Å². The largest absolute Gasteiger partial charge is 0.493 e. The molecule has 20 heavy (non-hydrogen) atoms. The second kappa shape index (κ2) is 5.44. The van der Waals surface area contributed by atoms with Crippen molar-refractivity contribution >= 4 is 5.91 Å². The first-order valence-electron chi connectivity index (χ1n) is 7.31. The van der Waals surface area contributed by atoms with Gasteiger partial charge in [0.1, 0.15) is 11.9 Å². The molecule has 2 atom stereocenters. The molecule has 2 aliphatic heterocycles. The van der Waals surface area contributed by atoms with E-state index in [-0.39, 0.29) is 18.1 Å². The molecule has 3 rings (SSSR count). The lowest BCUT2D eigenvalue weighted by molar-refractivity contribution is -0.131. The van der Waals surface area contributed by atoms with Crippen LogP contribution in [0.1, 0.15) is 42.0 Å². The van der Waals surface area contributed by atoms with Gasteiger partial charge in [-0.1, -0.05) is 17.7 Å². The van der Waals surface area contributed by atoms with E-state index < -0.39 is 0 Å². The molecule has 1 N–H and O–H groups in total. The maximum Gasteiger partial charge on any atom is 0.249 e. The first-order valence-corrected chi connectivity index (χ1v) is 7.31. The second-order valence-corrected chi connectivity index (χ2v) is 5.70. The Morgan fingerprint density at radius 2 is 2.10 bits per heavy atom. The summed E-state index contributed by atoms with van der Waals surface area (Å²) in [5.41, 5.74) is 3.43. The molecule has 1 amide bonds. The molecule has 108 valence electrons. The first kappa shape index (κ1) is 13.4. The number of ether oxygens (including phenoxy) is 2. The molecule has 2 unspecified atom stereocenters. The molecule has 1 aromatic carbocycles. The van der Waals surface area contributed by atoms with Gasteiger partial charge in [0.15, 0.2) is 0 Å². The Bertz CT molecular complexity index is 521. The van der Waals surface area contributed by atoms with Gasteiger partial charge in [0, 0.05) is 18.6 Å². The average molecular weight is 275 g/mol. The smallest absolute Gasteiger partial charge is 0.249 e. The quantitative estimate of drug-likeness (QED) is 0.901. The fourth-order valence-corrected chi connectivity index (χ4v) is 3.08. The van der Waals surface area contributed by atoms with Crippen molar-refractivity contribution < 1.29 is 14.3 Å². The van der Waals surface area contributed by atoms with Crippen molar-refractivity contribution in [3.8, 4) is 5.75 Å². The lowest BCUT2D eigenvalue weighted by Crippen LogP contribution is -2.38. The lowest BCUT2D eigenvalue weighted by Gasteiger charge is -2.29. The second-order valence-electron chi connectivity index (χ2n) is 5.70. The summed E-state index contributed by atoms with van der Waals surface area (Å²) in [7, 11) is 0. The third-order valence-corrected chi connectivity index (χ3v) is 4.01. The highest BCUT2D eigenvalue weighted by Gasteiger charge is 2.29. The summed E-state index contributed by atoms with van der Waals surface area (Å²) in [4.78, 5) is 12.2. The number of rotatable bonds is 2. The number of hydrogen-bond donors (Lipinski definition) is 1. The van der Waals surface area contributed by atoms with Gasteiger partial charge in [-0.3, -0.25) is 4.79 Å². The molecule has 0 aromatic heterocycles. The molecule has 0 bridgehead atoms. The van der Waals surface area contributed by atoms with Gasteiger partial charge in [0.25, 0.3) is 0 Å². The Labute approximate surface area is 119 Å². The highest BCUT2D eigenvalue weighted by molar-refractivity contribution is 5.81. The summed E-state index contributed by atoms with van der Waals surface area (Å²) in [6.45, 7) is 5.46. The first-order chi connectivity index (χ1) is 9.65. The summed E-state index contributed by atoms with van der Waals surface area (Å²) in [5, 5.41) is 3.13. The maximum atomic E-state index is 12.2. The number of amides is 1. The van der Waals surface area contributed by atoms with Crippen LogP contribution in [-0.2, 0) is 9.53 Å². The summed E-state index contributed by atoms with van der Waals surface area (Å²) in [6, 6.07) is 4.26. The minimum atomic E-state index is -0.271. The molecule has 0 radical (unpaired) electrons. The van der Waals surface area contributed by atoms with Gasteiger partial charge in [-0.2, -0.15) is 0 Å². The van der Waals surface area contributed by atoms with Crippen LogP contribution in [0.25, 0.3) is 0 Å². The van der Waals surface area contributed by atoms with E-state index in [0.29, 0.717) is 13.2 Å². The predicted molar refractivity (Wildman–Crippen MR) is 75.9 cm³/mol. The lowest BCUT2D eigenvalue weighted by atomic mass is 9.95. The summed E-state index contributed by atoms with van der Waals surface area (Å²) >= 11 is 0. The van der Waals surface area contributed by atoms with Crippen molar-refractivity contribution in [3.05, 3.63) is 28.8 Å². The number of fused-ring (bicyclic) bond motifs is 1. The molecule has 1 saturated heterocycles. The van der Waals surface area contributed by atoms with Crippen molar-refractivity contribution in [1.82, 2.24) is 5.32 Å². The van der Waals surface area contributed by atoms with Crippen LogP contribution in [0.4, 0.5) is 0 Å². The minimum absolute atomic E-state index is 0.0134. The van der Waals surface area contributed by atoms with Crippen molar-refractivity contribution in [2.45, 2.75) is 45.3 Å². The summed E-state index contributed by atoms with van der Waals surface area (Å²) in [6.07, 6.45) is 2.34. The number of nitrogens with one attached hydrogen (secondary N) is 1. The fourth-order valence-electron chi connectivity index (χ4n) is 3.08. The summed E-state index contributed by atoms with van der Waals surface area (Å²) < 4.78 is 11.2. The average Bonchev–Trinajstić information content (AvgIpc) is 2.93. The van der Waals surface area contributed by atoms with Crippen LogP contribution < -0.4 is 10.1 Å². The monoisotopic (exact) mass is 275 g/mol. The Hall–Kier alpha value is -1.55. The molecular weight excluding hydrogens is 254 g/mol. The van der Waals surface area contributed by atoms with Gasteiger partial charge in [-0.15, -0.1) is 0 Å². The topological polar surface area (TPSA) is 47.6 Å². The highest BCUT2D eigenvalue weighted by atomic mass is 16.5. The Balaban J connectivity index is 1.81. The molecule has 2 heterocycles. The van der Waals surface area contributed by atoms with E-state index >= 15 is 0 Å². The number of aryl methyl sites for hydroxylation is 2. The molecule has 4 heteroatoms. The van der Waals surface area contributed by atoms with Crippen LogP contribution in [0.15, 0.2) is 12.1 Å². The summed E-state index contributed by atoms with van der Waals surface area (Å²) in [5.74, 6) is 0.944. The van der Waals surface area contributed by atoms with Gasteiger partial charge in [-0.05, 0) is 32.3 Å². The van der Waals surface area contributed by atoms with Crippen molar-refractivity contribution in [2.75, 3.05) is 13.2 Å². The predicted octanol–water partition coefficient (Wildman–Crippen LogP) is 2.42. The van der Waals surface area contributed by atoms with E-state index in [1.165, 1.54) is 5.56 Å². The molecule has 0 aliphatic carbocycles. The van der Waals surface area contributed by atoms with Gasteiger partial charge >= 0.3 is 0 Å². The number of carbonyl (C=O) groups excluding carboxylic acids is 1. The maximum absolute atomic E-state index is 12.2. The number of benzene rings is 1. The number of hydrogen-bond acceptors (Lipinski definition) is 3. The van der Waals surface area contributed by atoms with Crippen LogP contribution in [0, 0.1) is 13.8 Å². The molecule has 0 saturated carbocycles. The van der Waals surface area contributed by atoms with Crippen LogP contribution in [0.5, 0.6) is 5.75 Å². The molecule has 1 fully saturated rings. The normalized spacial score (nSPS) is 24.9. The Morgan fingerprint density at radius 3 is 2.85 bits per heavy atom. The zero-order valence-corrected chi connectivity index (χ0v) is 12.1. The molecule has 4 nitrogen and oxygen atoms in total. The van der Waals surface area contributed by atoms with Crippen molar-refractivity contribution in [3.63, 3.8) is 0 Å². The molecule has 0 spiro atoms. The third kappa shape index (κ3) is 2.52. The zero-order chi connectivity index (χ0) is 14.1. The third-order valence-electron chi connectivity index (χ3n) is 4.01. The van der Waals surface area contributed by atoms with E-state index in [1.54, 1.807) is 0 Å². The minimum Gasteiger partial charge on any atom is -0.493 e.